The number of ether oxygens (including phenoxy) is 1. The van der Waals surface area contributed by atoms with E-state index in [4.69, 9.17) is 27.2 Å². The van der Waals surface area contributed by atoms with Crippen molar-refractivity contribution in [2.45, 2.75) is 25.0 Å². The number of halogens is 1. The molecule has 5 nitrogen and oxygen atoms in total. The Morgan fingerprint density at radius 2 is 2.40 bits per heavy atom. The van der Waals surface area contributed by atoms with Crippen molar-refractivity contribution >= 4 is 17.6 Å². The van der Waals surface area contributed by atoms with E-state index in [0.29, 0.717) is 10.8 Å². The molecule has 0 aliphatic carbocycles. The number of likely N-dealkylation sites (tertiary alicyclic amines) is 1. The number of carbonyl (C=O) groups is 1. The highest BCUT2D eigenvalue weighted by molar-refractivity contribution is 6.32. The Balaban J connectivity index is 2.00. The summed E-state index contributed by atoms with van der Waals surface area (Å²) in [6, 6.07) is 4.40. The van der Waals surface area contributed by atoms with Gasteiger partial charge in [0.1, 0.15) is 17.9 Å². The number of nitrogens with two attached hydrogens (primary N) is 1. The first-order chi connectivity index (χ1) is 9.45. The second-order valence-corrected chi connectivity index (χ2v) is 5.61. The molecule has 20 heavy (non-hydrogen) atoms. The van der Waals surface area contributed by atoms with E-state index in [1.807, 2.05) is 6.07 Å². The fourth-order valence-corrected chi connectivity index (χ4v) is 2.53. The summed E-state index contributed by atoms with van der Waals surface area (Å²) in [6.45, 7) is 1.91. The summed E-state index contributed by atoms with van der Waals surface area (Å²) in [6.07, 6.45) is 1.39. The predicted octanol–water partition coefficient (Wildman–Crippen LogP) is 1.38. The van der Waals surface area contributed by atoms with Crippen LogP contribution in [-0.4, -0.2) is 48.3 Å². The molecule has 3 N–H and O–H groups in total. The van der Waals surface area contributed by atoms with Gasteiger partial charge in [0.05, 0.1) is 5.02 Å². The van der Waals surface area contributed by atoms with E-state index in [1.54, 1.807) is 12.1 Å². The molecule has 1 saturated heterocycles. The number of likely N-dealkylation sites (N-methyl/N-ethyl adjacent to an activating group) is 1. The van der Waals surface area contributed by atoms with E-state index in [9.17, 15) is 4.79 Å². The molecule has 0 bridgehead atoms. The van der Waals surface area contributed by atoms with Gasteiger partial charge in [-0.3, -0.25) is 4.79 Å². The van der Waals surface area contributed by atoms with Gasteiger partial charge in [-0.15, -0.1) is 0 Å². The van der Waals surface area contributed by atoms with Crippen molar-refractivity contribution in [2.24, 2.45) is 5.73 Å². The molecule has 1 heterocycles. The van der Waals surface area contributed by atoms with Crippen LogP contribution in [0, 0.1) is 0 Å². The predicted molar refractivity (Wildman–Crippen MR) is 77.3 cm³/mol. The van der Waals surface area contributed by atoms with Gasteiger partial charge in [0, 0.05) is 13.1 Å². The number of hydrogen-bond donors (Lipinski definition) is 2. The summed E-state index contributed by atoms with van der Waals surface area (Å²) in [5.41, 5.74) is 6.30. The molecular weight excluding hydrogens is 280 g/mol. The largest absolute Gasteiger partial charge is 0.487 e. The highest BCUT2D eigenvalue weighted by Crippen LogP contribution is 2.28. The molecule has 2 unspecified atom stereocenters. The second-order valence-electron chi connectivity index (χ2n) is 5.20. The first-order valence-electron chi connectivity index (χ1n) is 6.57. The minimum Gasteiger partial charge on any atom is -0.487 e. The summed E-state index contributed by atoms with van der Waals surface area (Å²) < 4.78 is 5.86. The van der Waals surface area contributed by atoms with Crippen LogP contribution in [0.15, 0.2) is 18.2 Å². The number of hydrogen-bond acceptors (Lipinski definition) is 4. The number of rotatable bonds is 5. The number of benzene rings is 1. The standard InChI is InChI=1S/C14H19ClN2O3/c1-17-5-4-10(8-17)20-13-3-2-9(6-11(13)15)7-12(16)14(18)19/h2-3,6,10,12H,4-5,7-8,16H2,1H3,(H,18,19). The highest BCUT2D eigenvalue weighted by atomic mass is 35.5. The van der Waals surface area contributed by atoms with Gasteiger partial charge < -0.3 is 20.5 Å². The second kappa shape index (κ2) is 6.43. The van der Waals surface area contributed by atoms with Gasteiger partial charge >= 0.3 is 5.97 Å². The van der Waals surface area contributed by atoms with Gasteiger partial charge in [0.15, 0.2) is 0 Å². The van der Waals surface area contributed by atoms with Crippen LogP contribution in [0.25, 0.3) is 0 Å². The summed E-state index contributed by atoms with van der Waals surface area (Å²) >= 11 is 6.18. The number of nitrogens with zero attached hydrogens (tertiary/aromatic N) is 1. The zero-order chi connectivity index (χ0) is 14.7. The molecular formula is C14H19ClN2O3. The molecule has 0 saturated carbocycles. The molecule has 110 valence electrons. The van der Waals surface area contributed by atoms with Crippen molar-refractivity contribution in [1.29, 1.82) is 0 Å². The van der Waals surface area contributed by atoms with Crippen molar-refractivity contribution in [3.05, 3.63) is 28.8 Å². The SMILES string of the molecule is CN1CCC(Oc2ccc(CC(N)C(=O)O)cc2Cl)C1. The van der Waals surface area contributed by atoms with Gasteiger partial charge in [-0.2, -0.15) is 0 Å². The fourth-order valence-electron chi connectivity index (χ4n) is 2.28. The van der Waals surface area contributed by atoms with Crippen LogP contribution in [0.5, 0.6) is 5.75 Å². The first-order valence-corrected chi connectivity index (χ1v) is 6.95. The fraction of sp³-hybridized carbons (Fsp3) is 0.500. The van der Waals surface area contributed by atoms with Crippen LogP contribution >= 0.6 is 11.6 Å². The Morgan fingerprint density at radius 1 is 1.65 bits per heavy atom. The molecule has 0 amide bonds. The maximum absolute atomic E-state index is 10.7. The third-order valence-electron chi connectivity index (χ3n) is 3.41. The Labute approximate surface area is 123 Å². The molecule has 2 rings (SSSR count). The summed E-state index contributed by atoms with van der Waals surface area (Å²) in [5.74, 6) is -0.380. The average Bonchev–Trinajstić information content (AvgIpc) is 2.78. The van der Waals surface area contributed by atoms with E-state index >= 15 is 0 Å². The summed E-state index contributed by atoms with van der Waals surface area (Å²) in [7, 11) is 2.06. The van der Waals surface area contributed by atoms with Gasteiger partial charge in [-0.25, -0.2) is 0 Å². The van der Waals surface area contributed by atoms with Crippen molar-refractivity contribution in [3.8, 4) is 5.75 Å². The minimum absolute atomic E-state index is 0.157. The Hall–Kier alpha value is -1.30. The maximum Gasteiger partial charge on any atom is 0.320 e. The van der Waals surface area contributed by atoms with Crippen molar-refractivity contribution < 1.29 is 14.6 Å². The normalized spacial score (nSPS) is 20.9. The van der Waals surface area contributed by atoms with Crippen molar-refractivity contribution in [3.63, 3.8) is 0 Å². The molecule has 0 spiro atoms. The third kappa shape index (κ3) is 3.85. The maximum atomic E-state index is 10.7. The summed E-state index contributed by atoms with van der Waals surface area (Å²) in [4.78, 5) is 12.9. The van der Waals surface area contributed by atoms with Crippen LogP contribution in [-0.2, 0) is 11.2 Å². The van der Waals surface area contributed by atoms with E-state index in [1.165, 1.54) is 0 Å². The minimum atomic E-state index is -1.02. The molecule has 1 aromatic rings. The molecule has 1 aromatic carbocycles. The third-order valence-corrected chi connectivity index (χ3v) is 3.71. The van der Waals surface area contributed by atoms with Crippen LogP contribution in [0.1, 0.15) is 12.0 Å². The molecule has 2 atom stereocenters. The monoisotopic (exact) mass is 298 g/mol. The lowest BCUT2D eigenvalue weighted by molar-refractivity contribution is -0.138. The molecule has 1 aliphatic rings. The van der Waals surface area contributed by atoms with E-state index < -0.39 is 12.0 Å². The van der Waals surface area contributed by atoms with E-state index in [0.717, 1.165) is 25.1 Å². The van der Waals surface area contributed by atoms with Gasteiger partial charge in [0.2, 0.25) is 0 Å². The van der Waals surface area contributed by atoms with Crippen LogP contribution in [0.2, 0.25) is 5.02 Å². The lowest BCUT2D eigenvalue weighted by Gasteiger charge is -2.16. The lowest BCUT2D eigenvalue weighted by atomic mass is 10.1. The quantitative estimate of drug-likeness (QED) is 0.859. The number of carboxylic acids is 1. The van der Waals surface area contributed by atoms with Crippen molar-refractivity contribution in [2.75, 3.05) is 20.1 Å². The van der Waals surface area contributed by atoms with Crippen LogP contribution in [0.4, 0.5) is 0 Å². The molecule has 1 fully saturated rings. The van der Waals surface area contributed by atoms with Gasteiger partial charge in [0.25, 0.3) is 0 Å². The van der Waals surface area contributed by atoms with Gasteiger partial charge in [-0.05, 0) is 37.6 Å². The van der Waals surface area contributed by atoms with Gasteiger partial charge in [-0.1, -0.05) is 17.7 Å². The molecule has 0 aromatic heterocycles. The van der Waals surface area contributed by atoms with Crippen LogP contribution < -0.4 is 10.5 Å². The summed E-state index contributed by atoms with van der Waals surface area (Å²) in [5, 5.41) is 9.29. The number of carboxylic acid groups (broad SMARTS) is 1. The Bertz CT molecular complexity index is 495. The first kappa shape index (κ1) is 15.1. The highest BCUT2D eigenvalue weighted by Gasteiger charge is 2.22. The molecule has 1 aliphatic heterocycles. The zero-order valence-corrected chi connectivity index (χ0v) is 12.1. The number of aliphatic carboxylic acids is 1. The Morgan fingerprint density at radius 3 is 2.95 bits per heavy atom. The van der Waals surface area contributed by atoms with E-state index in [2.05, 4.69) is 11.9 Å². The molecule has 6 heteroatoms. The Kier molecular flexibility index (Phi) is 4.86. The zero-order valence-electron chi connectivity index (χ0n) is 11.4. The topological polar surface area (TPSA) is 75.8 Å². The van der Waals surface area contributed by atoms with Crippen LogP contribution in [0.3, 0.4) is 0 Å². The smallest absolute Gasteiger partial charge is 0.320 e. The molecule has 0 radical (unpaired) electrons. The average molecular weight is 299 g/mol. The van der Waals surface area contributed by atoms with E-state index in [-0.39, 0.29) is 12.5 Å². The lowest BCUT2D eigenvalue weighted by Crippen LogP contribution is -2.32. The van der Waals surface area contributed by atoms with Crippen molar-refractivity contribution in [1.82, 2.24) is 4.90 Å².